The first-order chi connectivity index (χ1) is 7.54. The maximum absolute atomic E-state index is 10.8. The zero-order valence-corrected chi connectivity index (χ0v) is 10.8. The fourth-order valence-electron chi connectivity index (χ4n) is 1.48. The van der Waals surface area contributed by atoms with Crippen molar-refractivity contribution in [2.45, 2.75) is 26.3 Å². The van der Waals surface area contributed by atoms with Crippen LogP contribution in [0.2, 0.25) is 0 Å². The van der Waals surface area contributed by atoms with E-state index < -0.39 is 4.92 Å². The van der Waals surface area contributed by atoms with E-state index in [1.54, 1.807) is 6.20 Å². The third kappa shape index (κ3) is 3.53. The lowest BCUT2D eigenvalue weighted by molar-refractivity contribution is -0.386. The maximum atomic E-state index is 10.8. The smallest absolute Gasteiger partial charge is 0.291 e. The molecule has 0 radical (unpaired) electrons. The first-order valence-electron chi connectivity index (χ1n) is 5.06. The molecule has 0 bridgehead atoms. The SMILES string of the molecule is CCNC(C)Cc1ncc(Br)cc1[N+](=O)[O-]. The highest BCUT2D eigenvalue weighted by atomic mass is 79.9. The van der Waals surface area contributed by atoms with Gasteiger partial charge >= 0.3 is 0 Å². The van der Waals surface area contributed by atoms with E-state index in [4.69, 9.17) is 0 Å². The monoisotopic (exact) mass is 287 g/mol. The van der Waals surface area contributed by atoms with E-state index in [2.05, 4.69) is 26.2 Å². The van der Waals surface area contributed by atoms with Crippen LogP contribution in [0, 0.1) is 10.1 Å². The minimum absolute atomic E-state index is 0.0686. The third-order valence-electron chi connectivity index (χ3n) is 2.16. The number of rotatable bonds is 5. The Morgan fingerprint density at radius 2 is 2.38 bits per heavy atom. The lowest BCUT2D eigenvalue weighted by Crippen LogP contribution is -2.28. The summed E-state index contributed by atoms with van der Waals surface area (Å²) in [6.45, 7) is 4.82. The van der Waals surface area contributed by atoms with Crippen LogP contribution in [-0.2, 0) is 6.42 Å². The number of nitrogens with zero attached hydrogens (tertiary/aromatic N) is 2. The van der Waals surface area contributed by atoms with E-state index >= 15 is 0 Å². The highest BCUT2D eigenvalue weighted by molar-refractivity contribution is 9.10. The van der Waals surface area contributed by atoms with Crippen LogP contribution in [0.25, 0.3) is 0 Å². The molecule has 1 unspecified atom stereocenters. The number of likely N-dealkylation sites (N-methyl/N-ethyl adjacent to an activating group) is 1. The Morgan fingerprint density at radius 3 is 2.94 bits per heavy atom. The molecular formula is C10H14BrN3O2. The van der Waals surface area contributed by atoms with Crippen LogP contribution in [-0.4, -0.2) is 22.5 Å². The Balaban J connectivity index is 2.90. The van der Waals surface area contributed by atoms with Crippen molar-refractivity contribution in [2.75, 3.05) is 6.54 Å². The van der Waals surface area contributed by atoms with E-state index in [1.165, 1.54) is 6.07 Å². The molecule has 0 aliphatic rings. The molecule has 0 saturated heterocycles. The molecule has 0 aromatic carbocycles. The van der Waals surface area contributed by atoms with Crippen LogP contribution in [0.3, 0.4) is 0 Å². The zero-order valence-electron chi connectivity index (χ0n) is 9.24. The quantitative estimate of drug-likeness (QED) is 0.666. The van der Waals surface area contributed by atoms with Gasteiger partial charge in [0.05, 0.1) is 4.92 Å². The minimum Gasteiger partial charge on any atom is -0.314 e. The van der Waals surface area contributed by atoms with Crippen molar-refractivity contribution in [3.8, 4) is 0 Å². The lowest BCUT2D eigenvalue weighted by atomic mass is 10.1. The zero-order chi connectivity index (χ0) is 12.1. The largest absolute Gasteiger partial charge is 0.314 e. The van der Waals surface area contributed by atoms with E-state index in [0.29, 0.717) is 16.6 Å². The molecule has 1 aromatic rings. The first kappa shape index (κ1) is 13.1. The summed E-state index contributed by atoms with van der Waals surface area (Å²) in [4.78, 5) is 14.5. The van der Waals surface area contributed by atoms with Gasteiger partial charge in [-0.25, -0.2) is 0 Å². The van der Waals surface area contributed by atoms with Crippen molar-refractivity contribution in [3.63, 3.8) is 0 Å². The topological polar surface area (TPSA) is 68.1 Å². The predicted octanol–water partition coefficient (Wildman–Crippen LogP) is 2.29. The van der Waals surface area contributed by atoms with Crippen molar-refractivity contribution in [1.82, 2.24) is 10.3 Å². The summed E-state index contributed by atoms with van der Waals surface area (Å²) in [5.74, 6) is 0. The second kappa shape index (κ2) is 5.91. The maximum Gasteiger partial charge on any atom is 0.291 e. The molecular weight excluding hydrogens is 274 g/mol. The first-order valence-corrected chi connectivity index (χ1v) is 5.86. The Labute approximate surface area is 103 Å². The molecule has 1 aromatic heterocycles. The standard InChI is InChI=1S/C10H14BrN3O2/c1-3-12-7(2)4-9-10(14(15)16)5-8(11)6-13-9/h5-7,12H,3-4H2,1-2H3. The summed E-state index contributed by atoms with van der Waals surface area (Å²) in [7, 11) is 0. The summed E-state index contributed by atoms with van der Waals surface area (Å²) in [5, 5.41) is 14.0. The van der Waals surface area contributed by atoms with Crippen LogP contribution >= 0.6 is 15.9 Å². The molecule has 0 fully saturated rings. The number of hydrogen-bond donors (Lipinski definition) is 1. The van der Waals surface area contributed by atoms with Gasteiger partial charge in [0.25, 0.3) is 5.69 Å². The van der Waals surface area contributed by atoms with Gasteiger partial charge in [0.1, 0.15) is 5.69 Å². The summed E-state index contributed by atoms with van der Waals surface area (Å²) in [5.41, 5.74) is 0.584. The molecule has 0 aliphatic heterocycles. The number of nitro groups is 1. The van der Waals surface area contributed by atoms with Gasteiger partial charge in [-0.1, -0.05) is 6.92 Å². The molecule has 0 spiro atoms. The molecule has 0 saturated carbocycles. The Kier molecular flexibility index (Phi) is 4.82. The summed E-state index contributed by atoms with van der Waals surface area (Å²) >= 11 is 3.18. The molecule has 1 atom stereocenters. The van der Waals surface area contributed by atoms with Gasteiger partial charge < -0.3 is 5.32 Å². The van der Waals surface area contributed by atoms with E-state index in [1.807, 2.05) is 13.8 Å². The third-order valence-corrected chi connectivity index (χ3v) is 2.60. The van der Waals surface area contributed by atoms with Crippen molar-refractivity contribution >= 4 is 21.6 Å². The van der Waals surface area contributed by atoms with Crippen LogP contribution in [0.15, 0.2) is 16.7 Å². The van der Waals surface area contributed by atoms with E-state index in [9.17, 15) is 10.1 Å². The fourth-order valence-corrected chi connectivity index (χ4v) is 1.80. The highest BCUT2D eigenvalue weighted by Crippen LogP contribution is 2.22. The van der Waals surface area contributed by atoms with Gasteiger partial charge in [-0.05, 0) is 29.4 Å². The van der Waals surface area contributed by atoms with Crippen molar-refractivity contribution in [3.05, 3.63) is 32.5 Å². The molecule has 0 amide bonds. The Bertz CT molecular complexity index is 384. The van der Waals surface area contributed by atoms with Crippen LogP contribution in [0.5, 0.6) is 0 Å². The summed E-state index contributed by atoms with van der Waals surface area (Å²) < 4.78 is 0.624. The average Bonchev–Trinajstić information content (AvgIpc) is 2.20. The van der Waals surface area contributed by atoms with Crippen molar-refractivity contribution in [1.29, 1.82) is 0 Å². The predicted molar refractivity (Wildman–Crippen MR) is 65.4 cm³/mol. The molecule has 0 aliphatic carbocycles. The molecule has 5 nitrogen and oxygen atoms in total. The number of hydrogen-bond acceptors (Lipinski definition) is 4. The van der Waals surface area contributed by atoms with Crippen LogP contribution < -0.4 is 5.32 Å². The van der Waals surface area contributed by atoms with Crippen molar-refractivity contribution < 1.29 is 4.92 Å². The number of nitrogens with one attached hydrogen (secondary N) is 1. The van der Waals surface area contributed by atoms with Crippen LogP contribution in [0.4, 0.5) is 5.69 Å². The van der Waals surface area contributed by atoms with Gasteiger partial charge in [0.2, 0.25) is 0 Å². The number of pyridine rings is 1. The second-order valence-corrected chi connectivity index (χ2v) is 4.45. The van der Waals surface area contributed by atoms with Gasteiger partial charge in [-0.2, -0.15) is 0 Å². The highest BCUT2D eigenvalue weighted by Gasteiger charge is 2.17. The van der Waals surface area contributed by atoms with Gasteiger partial charge in [-0.15, -0.1) is 0 Å². The molecule has 16 heavy (non-hydrogen) atoms. The minimum atomic E-state index is -0.397. The molecule has 1 N–H and O–H groups in total. The normalized spacial score (nSPS) is 12.4. The molecule has 88 valence electrons. The van der Waals surface area contributed by atoms with E-state index in [-0.39, 0.29) is 11.7 Å². The second-order valence-electron chi connectivity index (χ2n) is 3.54. The molecule has 1 heterocycles. The Morgan fingerprint density at radius 1 is 1.69 bits per heavy atom. The average molecular weight is 288 g/mol. The number of halogens is 1. The molecule has 6 heteroatoms. The van der Waals surface area contributed by atoms with Gasteiger partial charge in [0.15, 0.2) is 0 Å². The lowest BCUT2D eigenvalue weighted by Gasteiger charge is -2.11. The summed E-state index contributed by atoms with van der Waals surface area (Å²) in [6.07, 6.45) is 2.14. The van der Waals surface area contributed by atoms with Gasteiger partial charge in [-0.3, -0.25) is 15.1 Å². The fraction of sp³-hybridized carbons (Fsp3) is 0.500. The van der Waals surface area contributed by atoms with Crippen LogP contribution in [0.1, 0.15) is 19.5 Å². The Hall–Kier alpha value is -1.01. The number of aromatic nitrogens is 1. The van der Waals surface area contributed by atoms with Gasteiger partial charge in [0, 0.05) is 29.2 Å². The van der Waals surface area contributed by atoms with Crippen molar-refractivity contribution in [2.24, 2.45) is 0 Å². The van der Waals surface area contributed by atoms with E-state index in [0.717, 1.165) is 6.54 Å². The summed E-state index contributed by atoms with van der Waals surface area (Å²) in [6, 6.07) is 1.67. The molecule has 1 rings (SSSR count).